The smallest absolute Gasteiger partial charge is 0.280 e. The van der Waals surface area contributed by atoms with E-state index in [1.165, 1.54) is 0 Å². The molecular weight excluding hydrogens is 199 g/mol. The number of aldehydes is 1. The second-order valence-corrected chi connectivity index (χ2v) is 2.37. The zero-order chi connectivity index (χ0) is 10.7. The first-order valence-corrected chi connectivity index (χ1v) is 3.58. The highest BCUT2D eigenvalue weighted by Gasteiger charge is 2.17. The number of hydrogen-bond donors (Lipinski definition) is 0. The number of hydrogen-bond acceptors (Lipinski definition) is 3. The summed E-state index contributed by atoms with van der Waals surface area (Å²) in [6.45, 7) is 0. The van der Waals surface area contributed by atoms with Crippen LogP contribution in [-0.2, 0) is 0 Å². The minimum atomic E-state index is -2.92. The molecule has 76 valence electrons. The van der Waals surface area contributed by atoms with Crippen molar-refractivity contribution >= 4 is 6.29 Å². The predicted molar refractivity (Wildman–Crippen MR) is 41.1 cm³/mol. The minimum absolute atomic E-state index is 0.161. The molecule has 3 nitrogen and oxygen atoms in total. The van der Waals surface area contributed by atoms with Gasteiger partial charge in [0.25, 0.3) is 6.43 Å². The standard InChI is InChI=1S/C8H6F3NO2/c1-14-7-4(9)2-5(8(10)11)12-6(7)3-13/h2-3,8H,1H3. The van der Waals surface area contributed by atoms with Gasteiger partial charge in [0.15, 0.2) is 17.9 Å². The molecule has 6 heteroatoms. The Hall–Kier alpha value is -1.59. The number of carbonyl (C=O) groups is 1. The Morgan fingerprint density at radius 3 is 2.64 bits per heavy atom. The molecule has 1 heterocycles. The lowest BCUT2D eigenvalue weighted by Gasteiger charge is -2.06. The van der Waals surface area contributed by atoms with E-state index in [1.807, 2.05) is 0 Å². The summed E-state index contributed by atoms with van der Waals surface area (Å²) in [6.07, 6.45) is -2.76. The Bertz CT molecular complexity index is 355. The van der Waals surface area contributed by atoms with E-state index in [0.717, 1.165) is 7.11 Å². The van der Waals surface area contributed by atoms with Crippen LogP contribution in [0.5, 0.6) is 5.75 Å². The maximum atomic E-state index is 13.0. The number of carbonyl (C=O) groups excluding carboxylic acids is 1. The van der Waals surface area contributed by atoms with Gasteiger partial charge in [0.05, 0.1) is 7.11 Å². The van der Waals surface area contributed by atoms with Gasteiger partial charge in [-0.3, -0.25) is 4.79 Å². The fourth-order valence-corrected chi connectivity index (χ4v) is 0.934. The summed E-state index contributed by atoms with van der Waals surface area (Å²) in [5.41, 5.74) is -1.26. The van der Waals surface area contributed by atoms with Crippen LogP contribution in [0, 0.1) is 5.82 Å². The second-order valence-electron chi connectivity index (χ2n) is 2.37. The van der Waals surface area contributed by atoms with Crippen LogP contribution in [-0.4, -0.2) is 18.4 Å². The molecule has 0 unspecified atom stereocenters. The van der Waals surface area contributed by atoms with E-state index in [1.54, 1.807) is 0 Å². The van der Waals surface area contributed by atoms with Crippen LogP contribution in [0.2, 0.25) is 0 Å². The first kappa shape index (κ1) is 10.5. The predicted octanol–water partition coefficient (Wildman–Crippen LogP) is 1.98. The Labute approximate surface area is 77.5 Å². The van der Waals surface area contributed by atoms with Gasteiger partial charge >= 0.3 is 0 Å². The topological polar surface area (TPSA) is 39.2 Å². The van der Waals surface area contributed by atoms with Crippen molar-refractivity contribution in [2.24, 2.45) is 0 Å². The maximum Gasteiger partial charge on any atom is 0.280 e. The van der Waals surface area contributed by atoms with Gasteiger partial charge in [-0.25, -0.2) is 18.2 Å². The summed E-state index contributed by atoms with van der Waals surface area (Å²) in [7, 11) is 1.12. The number of pyridine rings is 1. The third-order valence-electron chi connectivity index (χ3n) is 1.51. The highest BCUT2D eigenvalue weighted by Crippen LogP contribution is 2.25. The highest BCUT2D eigenvalue weighted by molar-refractivity contribution is 5.76. The fraction of sp³-hybridized carbons (Fsp3) is 0.250. The molecule has 14 heavy (non-hydrogen) atoms. The van der Waals surface area contributed by atoms with Crippen molar-refractivity contribution in [3.05, 3.63) is 23.3 Å². The van der Waals surface area contributed by atoms with Crippen molar-refractivity contribution in [2.75, 3.05) is 7.11 Å². The van der Waals surface area contributed by atoms with Gasteiger partial charge in [-0.2, -0.15) is 0 Å². The third kappa shape index (κ3) is 1.84. The first-order chi connectivity index (χ1) is 6.60. The first-order valence-electron chi connectivity index (χ1n) is 3.58. The van der Waals surface area contributed by atoms with Crippen LogP contribution < -0.4 is 4.74 Å². The van der Waals surface area contributed by atoms with E-state index < -0.39 is 29.4 Å². The maximum absolute atomic E-state index is 13.0. The highest BCUT2D eigenvalue weighted by atomic mass is 19.3. The van der Waals surface area contributed by atoms with Crippen LogP contribution >= 0.6 is 0 Å². The van der Waals surface area contributed by atoms with Crippen LogP contribution in [0.25, 0.3) is 0 Å². The molecule has 0 saturated heterocycles. The number of halogens is 3. The normalized spacial score (nSPS) is 10.4. The zero-order valence-corrected chi connectivity index (χ0v) is 7.13. The van der Waals surface area contributed by atoms with Gasteiger partial charge < -0.3 is 4.74 Å². The van der Waals surface area contributed by atoms with Gasteiger partial charge in [-0.15, -0.1) is 0 Å². The monoisotopic (exact) mass is 205 g/mol. The van der Waals surface area contributed by atoms with Crippen molar-refractivity contribution < 1.29 is 22.7 Å². The number of methoxy groups -OCH3 is 1. The molecule has 0 saturated carbocycles. The Kier molecular flexibility index (Phi) is 3.06. The van der Waals surface area contributed by atoms with Gasteiger partial charge in [-0.05, 0) is 0 Å². The molecule has 1 aromatic rings. The van der Waals surface area contributed by atoms with Crippen molar-refractivity contribution in [3.8, 4) is 5.75 Å². The Morgan fingerprint density at radius 1 is 1.57 bits per heavy atom. The molecule has 0 aliphatic heterocycles. The zero-order valence-electron chi connectivity index (χ0n) is 7.13. The molecule has 0 aromatic carbocycles. The summed E-state index contributed by atoms with van der Waals surface area (Å²) < 4.78 is 41.7. The molecule has 1 aromatic heterocycles. The molecule has 0 fully saturated rings. The van der Waals surface area contributed by atoms with Crippen LogP contribution in [0.3, 0.4) is 0 Å². The number of aromatic nitrogens is 1. The van der Waals surface area contributed by atoms with Crippen molar-refractivity contribution in [1.29, 1.82) is 0 Å². The van der Waals surface area contributed by atoms with Crippen molar-refractivity contribution in [2.45, 2.75) is 6.43 Å². The molecule has 0 spiro atoms. The van der Waals surface area contributed by atoms with Crippen molar-refractivity contribution in [3.63, 3.8) is 0 Å². The van der Waals surface area contributed by atoms with Gasteiger partial charge in [0, 0.05) is 6.07 Å². The molecular formula is C8H6F3NO2. The second kappa shape index (κ2) is 4.08. The molecule has 0 aliphatic carbocycles. The van der Waals surface area contributed by atoms with E-state index in [9.17, 15) is 18.0 Å². The average Bonchev–Trinajstić information content (AvgIpc) is 2.16. The lowest BCUT2D eigenvalue weighted by atomic mass is 10.2. The molecule has 0 amide bonds. The van der Waals surface area contributed by atoms with Crippen LogP contribution in [0.4, 0.5) is 13.2 Å². The van der Waals surface area contributed by atoms with E-state index in [4.69, 9.17) is 0 Å². The molecule has 1 rings (SSSR count). The van der Waals surface area contributed by atoms with Gasteiger partial charge in [-0.1, -0.05) is 0 Å². The molecule has 0 bridgehead atoms. The lowest BCUT2D eigenvalue weighted by Crippen LogP contribution is -2.02. The summed E-state index contributed by atoms with van der Waals surface area (Å²) in [5.74, 6) is -1.45. The summed E-state index contributed by atoms with van der Waals surface area (Å²) in [5, 5.41) is 0. The van der Waals surface area contributed by atoms with E-state index in [0.29, 0.717) is 6.07 Å². The quantitative estimate of drug-likeness (QED) is 0.708. The average molecular weight is 205 g/mol. The number of rotatable bonds is 3. The van der Waals surface area contributed by atoms with Crippen LogP contribution in [0.15, 0.2) is 6.07 Å². The third-order valence-corrected chi connectivity index (χ3v) is 1.51. The fourth-order valence-electron chi connectivity index (χ4n) is 0.934. The van der Waals surface area contributed by atoms with E-state index in [-0.39, 0.29) is 6.29 Å². The number of nitrogens with zero attached hydrogens (tertiary/aromatic N) is 1. The van der Waals surface area contributed by atoms with E-state index >= 15 is 0 Å². The van der Waals surface area contributed by atoms with Crippen molar-refractivity contribution in [1.82, 2.24) is 4.98 Å². The van der Waals surface area contributed by atoms with Gasteiger partial charge in [0.2, 0.25) is 0 Å². The molecule has 0 radical (unpaired) electrons. The van der Waals surface area contributed by atoms with Crippen LogP contribution in [0.1, 0.15) is 22.6 Å². The largest absolute Gasteiger partial charge is 0.491 e. The molecule has 0 aliphatic rings. The molecule has 0 N–H and O–H groups in total. The Balaban J connectivity index is 3.31. The summed E-state index contributed by atoms with van der Waals surface area (Å²) in [6, 6.07) is 0.538. The minimum Gasteiger partial charge on any atom is -0.491 e. The number of alkyl halides is 2. The Morgan fingerprint density at radius 2 is 2.21 bits per heavy atom. The molecule has 0 atom stereocenters. The summed E-state index contributed by atoms with van der Waals surface area (Å²) in [4.78, 5) is 13.6. The number of ether oxygens (including phenoxy) is 1. The van der Waals surface area contributed by atoms with Gasteiger partial charge in [0.1, 0.15) is 11.4 Å². The lowest BCUT2D eigenvalue weighted by molar-refractivity contribution is 0.111. The SMILES string of the molecule is COc1c(F)cc(C(F)F)nc1C=O. The summed E-state index contributed by atoms with van der Waals surface area (Å²) >= 11 is 0. The van der Waals surface area contributed by atoms with E-state index in [2.05, 4.69) is 9.72 Å².